The van der Waals surface area contributed by atoms with Gasteiger partial charge in [-0.25, -0.2) is 4.39 Å². The van der Waals surface area contributed by atoms with Crippen molar-refractivity contribution in [2.45, 2.75) is 64.1 Å². The maximum atomic E-state index is 14.1. The summed E-state index contributed by atoms with van der Waals surface area (Å²) >= 11 is 0. The summed E-state index contributed by atoms with van der Waals surface area (Å²) in [5.41, 5.74) is 2.01. The third-order valence-corrected chi connectivity index (χ3v) is 6.93. The first-order valence-corrected chi connectivity index (χ1v) is 10.9. The summed E-state index contributed by atoms with van der Waals surface area (Å²) in [4.78, 5) is 31.9. The van der Waals surface area contributed by atoms with Crippen LogP contribution in [0.1, 0.15) is 55.1 Å². The number of fused-ring (bicyclic) bond motifs is 1. The number of likely N-dealkylation sites (N-methyl/N-ethyl adjacent to an activating group) is 1. The van der Waals surface area contributed by atoms with Gasteiger partial charge in [0.25, 0.3) is 5.91 Å². The van der Waals surface area contributed by atoms with Crippen molar-refractivity contribution in [2.75, 3.05) is 20.1 Å². The van der Waals surface area contributed by atoms with Crippen LogP contribution in [-0.4, -0.2) is 64.9 Å². The molecule has 4 rings (SSSR count). The molecule has 3 atom stereocenters. The molecular formula is C23H31FN4O2. The highest BCUT2D eigenvalue weighted by atomic mass is 19.1. The molecule has 1 saturated carbocycles. The van der Waals surface area contributed by atoms with Gasteiger partial charge in [-0.05, 0) is 56.7 Å². The van der Waals surface area contributed by atoms with Crippen molar-refractivity contribution < 1.29 is 14.0 Å². The van der Waals surface area contributed by atoms with Crippen molar-refractivity contribution in [1.29, 1.82) is 0 Å². The van der Waals surface area contributed by atoms with Gasteiger partial charge in [0.1, 0.15) is 11.5 Å². The van der Waals surface area contributed by atoms with Gasteiger partial charge < -0.3 is 15.2 Å². The quantitative estimate of drug-likeness (QED) is 0.807. The molecule has 2 aliphatic rings. The number of nitrogens with one attached hydrogen (secondary N) is 2. The predicted octanol–water partition coefficient (Wildman–Crippen LogP) is 3.21. The lowest BCUT2D eigenvalue weighted by Gasteiger charge is -2.36. The van der Waals surface area contributed by atoms with E-state index in [1.54, 1.807) is 19.1 Å². The summed E-state index contributed by atoms with van der Waals surface area (Å²) in [6.45, 7) is 5.42. The van der Waals surface area contributed by atoms with Crippen LogP contribution in [0.2, 0.25) is 0 Å². The molecule has 1 saturated heterocycles. The van der Waals surface area contributed by atoms with E-state index in [4.69, 9.17) is 0 Å². The third-order valence-electron chi connectivity index (χ3n) is 6.93. The van der Waals surface area contributed by atoms with E-state index in [1.165, 1.54) is 6.07 Å². The molecule has 2 heterocycles. The van der Waals surface area contributed by atoms with Gasteiger partial charge in [-0.3, -0.25) is 14.5 Å². The summed E-state index contributed by atoms with van der Waals surface area (Å²) < 4.78 is 14.1. The lowest BCUT2D eigenvalue weighted by atomic mass is 9.90. The van der Waals surface area contributed by atoms with Gasteiger partial charge in [-0.1, -0.05) is 6.07 Å². The minimum absolute atomic E-state index is 0.109. The van der Waals surface area contributed by atoms with Crippen LogP contribution in [0.5, 0.6) is 0 Å². The smallest absolute Gasteiger partial charge is 0.267 e. The van der Waals surface area contributed by atoms with Crippen molar-refractivity contribution in [2.24, 2.45) is 0 Å². The summed E-state index contributed by atoms with van der Waals surface area (Å²) in [6.07, 6.45) is 5.07. The molecule has 1 aromatic carbocycles. The number of amides is 2. The van der Waals surface area contributed by atoms with Gasteiger partial charge in [0.05, 0.1) is 5.52 Å². The van der Waals surface area contributed by atoms with Crippen LogP contribution < -0.4 is 5.32 Å². The van der Waals surface area contributed by atoms with Gasteiger partial charge in [0.15, 0.2) is 0 Å². The summed E-state index contributed by atoms with van der Waals surface area (Å²) in [5.74, 6) is -0.380. The number of likely N-dealkylation sites (tertiary alicyclic amines) is 1. The average Bonchev–Trinajstić information content (AvgIpc) is 3.39. The second-order valence-corrected chi connectivity index (χ2v) is 8.89. The topological polar surface area (TPSA) is 68.4 Å². The van der Waals surface area contributed by atoms with E-state index < -0.39 is 0 Å². The Morgan fingerprint density at radius 1 is 1.27 bits per heavy atom. The normalized spacial score (nSPS) is 24.9. The maximum absolute atomic E-state index is 14.1. The standard InChI is InChI=1S/C23H31FN4O2/c1-14-7-8-20(24)19-12-21(26-22(14)19)23(30)25-16-5-4-6-17(11-16)28-10-9-18(13-28)27(3)15(2)29/h7-8,12,16-18,26H,4-6,9-11,13H2,1-3H3,(H,25,30)/t16-,17-,18?/m1/s1. The van der Waals surface area contributed by atoms with Crippen molar-refractivity contribution >= 4 is 22.7 Å². The van der Waals surface area contributed by atoms with E-state index in [1.807, 2.05) is 18.9 Å². The molecule has 162 valence electrons. The zero-order valence-corrected chi connectivity index (χ0v) is 18.0. The molecule has 1 aromatic heterocycles. The number of halogens is 1. The van der Waals surface area contributed by atoms with E-state index >= 15 is 0 Å². The van der Waals surface area contributed by atoms with Crippen LogP contribution in [-0.2, 0) is 4.79 Å². The number of hydrogen-bond donors (Lipinski definition) is 2. The lowest BCUT2D eigenvalue weighted by Crippen LogP contribution is -2.46. The minimum atomic E-state index is -0.317. The number of rotatable bonds is 4. The van der Waals surface area contributed by atoms with Gasteiger partial charge in [0, 0.05) is 50.6 Å². The largest absolute Gasteiger partial charge is 0.350 e. The van der Waals surface area contributed by atoms with Gasteiger partial charge in [-0.15, -0.1) is 0 Å². The molecule has 0 radical (unpaired) electrons. The highest BCUT2D eigenvalue weighted by Crippen LogP contribution is 2.28. The third kappa shape index (κ3) is 4.08. The Morgan fingerprint density at radius 2 is 2.07 bits per heavy atom. The molecule has 7 heteroatoms. The van der Waals surface area contributed by atoms with Gasteiger partial charge in [0.2, 0.25) is 5.91 Å². The first-order valence-electron chi connectivity index (χ1n) is 10.9. The molecule has 6 nitrogen and oxygen atoms in total. The number of carbonyl (C=O) groups is 2. The van der Waals surface area contributed by atoms with Crippen molar-refractivity contribution in [3.8, 4) is 0 Å². The molecule has 1 aliphatic carbocycles. The first kappa shape index (κ1) is 20.8. The van der Waals surface area contributed by atoms with Crippen molar-refractivity contribution in [3.63, 3.8) is 0 Å². The Labute approximate surface area is 176 Å². The SMILES string of the molecule is CC(=O)N(C)C1CCN([C@@H]2CCC[C@@H](NC(=O)c3cc4c(F)ccc(C)c4[nH]3)C2)C1. The number of aromatic nitrogens is 1. The van der Waals surface area contributed by atoms with E-state index in [0.717, 1.165) is 50.8 Å². The fourth-order valence-corrected chi connectivity index (χ4v) is 5.01. The van der Waals surface area contributed by atoms with E-state index in [0.29, 0.717) is 22.6 Å². The van der Waals surface area contributed by atoms with Crippen LogP contribution in [0.15, 0.2) is 18.2 Å². The zero-order chi connectivity index (χ0) is 21.4. The fraction of sp³-hybridized carbons (Fsp3) is 0.565. The van der Waals surface area contributed by atoms with Crippen LogP contribution in [0.25, 0.3) is 10.9 Å². The molecule has 1 aliphatic heterocycles. The van der Waals surface area contributed by atoms with E-state index in [9.17, 15) is 14.0 Å². The van der Waals surface area contributed by atoms with E-state index in [-0.39, 0.29) is 29.7 Å². The van der Waals surface area contributed by atoms with Crippen molar-refractivity contribution in [1.82, 2.24) is 20.1 Å². The molecular weight excluding hydrogens is 383 g/mol. The van der Waals surface area contributed by atoms with Crippen LogP contribution in [0, 0.1) is 12.7 Å². The van der Waals surface area contributed by atoms with Crippen LogP contribution in [0.4, 0.5) is 4.39 Å². The molecule has 2 aromatic rings. The molecule has 1 unspecified atom stereocenters. The van der Waals surface area contributed by atoms with Crippen LogP contribution in [0.3, 0.4) is 0 Å². The molecule has 30 heavy (non-hydrogen) atoms. The summed E-state index contributed by atoms with van der Waals surface area (Å²) in [5, 5.41) is 3.61. The fourth-order valence-electron chi connectivity index (χ4n) is 5.01. The highest BCUT2D eigenvalue weighted by molar-refractivity contribution is 5.99. The number of H-pyrrole nitrogens is 1. The average molecular weight is 415 g/mol. The Hall–Kier alpha value is -2.41. The first-order chi connectivity index (χ1) is 14.3. The molecule has 0 spiro atoms. The number of carbonyl (C=O) groups excluding carboxylic acids is 2. The Morgan fingerprint density at radius 3 is 2.80 bits per heavy atom. The van der Waals surface area contributed by atoms with Gasteiger partial charge >= 0.3 is 0 Å². The van der Waals surface area contributed by atoms with Gasteiger partial charge in [-0.2, -0.15) is 0 Å². The second-order valence-electron chi connectivity index (χ2n) is 8.89. The van der Waals surface area contributed by atoms with Crippen molar-refractivity contribution in [3.05, 3.63) is 35.3 Å². The van der Waals surface area contributed by atoms with E-state index in [2.05, 4.69) is 15.2 Å². The number of benzene rings is 1. The monoisotopic (exact) mass is 414 g/mol. The number of hydrogen-bond acceptors (Lipinski definition) is 3. The summed E-state index contributed by atoms with van der Waals surface area (Å²) in [6, 6.07) is 5.58. The highest BCUT2D eigenvalue weighted by Gasteiger charge is 2.34. The molecule has 0 bridgehead atoms. The zero-order valence-electron chi connectivity index (χ0n) is 18.0. The molecule has 2 fully saturated rings. The Balaban J connectivity index is 1.39. The number of aromatic amines is 1. The van der Waals surface area contributed by atoms with Crippen LogP contribution >= 0.6 is 0 Å². The Kier molecular flexibility index (Phi) is 5.82. The number of nitrogens with zero attached hydrogens (tertiary/aromatic N) is 2. The number of aryl methyl sites for hydroxylation is 1. The maximum Gasteiger partial charge on any atom is 0.267 e. The molecule has 2 N–H and O–H groups in total. The lowest BCUT2D eigenvalue weighted by molar-refractivity contribution is -0.129. The predicted molar refractivity (Wildman–Crippen MR) is 115 cm³/mol. The minimum Gasteiger partial charge on any atom is -0.350 e. The summed E-state index contributed by atoms with van der Waals surface area (Å²) in [7, 11) is 1.88. The molecule has 2 amide bonds. The second kappa shape index (κ2) is 8.38. The Bertz CT molecular complexity index is 917.